The molecule has 0 spiro atoms. The number of aromatic nitrogens is 18. The van der Waals surface area contributed by atoms with Gasteiger partial charge in [-0.1, -0.05) is 43.5 Å². The molecule has 0 atom stereocenters. The number of aryl methyl sites for hydroxylation is 3. The van der Waals surface area contributed by atoms with Gasteiger partial charge in [-0.3, -0.25) is 56.3 Å². The maximum Gasteiger partial charge on any atom is 0.246 e. The second kappa shape index (κ2) is 36.8. The highest BCUT2D eigenvalue weighted by Gasteiger charge is 2.23. The number of benzene rings is 3. The Kier molecular flexibility index (Phi) is 24.7. The molecule has 15 aromatic rings. The van der Waals surface area contributed by atoms with Crippen LogP contribution in [0.2, 0.25) is 0 Å². The number of para-hydroxylation sites is 1. The van der Waals surface area contributed by atoms with Crippen molar-refractivity contribution in [2.45, 2.75) is 124 Å². The number of nitrogens with one attached hydrogen (secondary N) is 6. The van der Waals surface area contributed by atoms with Gasteiger partial charge in [0.1, 0.15) is 52.1 Å². The average Bonchev–Trinajstić information content (AvgIpc) is 1.63. The second-order valence-corrected chi connectivity index (χ2v) is 31.8. The first-order valence-electron chi connectivity index (χ1n) is 39.1. The molecular weight excluding hydrogens is 1560 g/mol. The van der Waals surface area contributed by atoms with Gasteiger partial charge in [0.2, 0.25) is 17.7 Å². The number of hydrogen-bond acceptors (Lipinski definition) is 24. The molecular formula is C82H86F3N27O3S3. The highest BCUT2D eigenvalue weighted by Crippen LogP contribution is 2.33. The van der Waals surface area contributed by atoms with Crippen molar-refractivity contribution < 1.29 is 27.6 Å². The molecule has 3 amide bonds. The SMILES string of the molecule is Cc1cn2c(-c3cnn(CC(=O)NCc4ccc(F)cc4)c3)cnc2c(Nc2cc(CN3CCCCC3)ns2)n1.Cc1cn2c(-c3cnn(CC(=O)Nc4ccc(F)cc4)c3)cnc2c(Nc2cc(CN3CCCCC3)ns2)n1.Cc1cn2c(-c3cnn(CC(=O)Nc4ccccc4F)c3)cnc2c(Nc2cc(CN3CCCCC3)ns2)n1. The van der Waals surface area contributed by atoms with E-state index in [9.17, 15) is 27.6 Å². The maximum absolute atomic E-state index is 13.9. The van der Waals surface area contributed by atoms with E-state index in [0.717, 1.165) is 147 Å². The number of piperidine rings is 3. The van der Waals surface area contributed by atoms with E-state index in [1.165, 1.54) is 146 Å². The van der Waals surface area contributed by atoms with E-state index in [1.54, 1.807) is 83.2 Å². The van der Waals surface area contributed by atoms with Crippen molar-refractivity contribution in [3.63, 3.8) is 0 Å². The van der Waals surface area contributed by atoms with Crippen LogP contribution in [0.4, 0.5) is 57.0 Å². The van der Waals surface area contributed by atoms with Gasteiger partial charge >= 0.3 is 0 Å². The minimum atomic E-state index is -0.484. The molecule has 0 aliphatic carbocycles. The molecule has 3 saturated heterocycles. The fraction of sp³-hybridized carbons (Fsp3) is 0.305. The molecule has 0 saturated carbocycles. The van der Waals surface area contributed by atoms with Gasteiger partial charge in [-0.15, -0.1) is 0 Å². The Labute approximate surface area is 688 Å². The normalized spacial score (nSPS) is 14.1. The van der Waals surface area contributed by atoms with E-state index in [1.807, 2.05) is 58.8 Å². The third kappa shape index (κ3) is 20.1. The molecule has 12 aromatic heterocycles. The van der Waals surface area contributed by atoms with Crippen molar-refractivity contribution in [3.05, 3.63) is 223 Å². The summed E-state index contributed by atoms with van der Waals surface area (Å²) in [6, 6.07) is 24.0. The molecule has 15 heterocycles. The minimum absolute atomic E-state index is 0.0205. The van der Waals surface area contributed by atoms with Crippen LogP contribution in [0.1, 0.15) is 97.5 Å². The van der Waals surface area contributed by atoms with Crippen molar-refractivity contribution in [1.82, 2.24) is 106 Å². The van der Waals surface area contributed by atoms with Crippen LogP contribution in [0.25, 0.3) is 50.7 Å². The predicted octanol–water partition coefficient (Wildman–Crippen LogP) is 14.3. The lowest BCUT2D eigenvalue weighted by Crippen LogP contribution is -2.29. The van der Waals surface area contributed by atoms with Crippen LogP contribution in [-0.4, -0.2) is 157 Å². The molecule has 3 aromatic carbocycles. The number of hydrogen-bond donors (Lipinski definition) is 6. The first-order chi connectivity index (χ1) is 57.5. The lowest BCUT2D eigenvalue weighted by Gasteiger charge is -2.25. The van der Waals surface area contributed by atoms with E-state index >= 15 is 0 Å². The summed E-state index contributed by atoms with van der Waals surface area (Å²) in [5.41, 5.74) is 14.1. The molecule has 36 heteroatoms. The Balaban J connectivity index is 0.000000132. The average molecular weight is 1650 g/mol. The fourth-order valence-electron chi connectivity index (χ4n) is 14.5. The molecule has 0 radical (unpaired) electrons. The highest BCUT2D eigenvalue weighted by atomic mass is 32.1. The van der Waals surface area contributed by atoms with Crippen molar-refractivity contribution in [2.24, 2.45) is 0 Å². The van der Waals surface area contributed by atoms with E-state index in [2.05, 4.69) is 113 Å². The van der Waals surface area contributed by atoms with E-state index in [0.29, 0.717) is 46.6 Å². The summed E-state index contributed by atoms with van der Waals surface area (Å²) in [5, 5.41) is 34.2. The summed E-state index contributed by atoms with van der Waals surface area (Å²) >= 11 is 4.28. The van der Waals surface area contributed by atoms with Crippen LogP contribution >= 0.6 is 34.6 Å². The number of carbonyl (C=O) groups is 3. The fourth-order valence-corrected chi connectivity index (χ4v) is 16.4. The number of imidazole rings is 3. The quantitative estimate of drug-likeness (QED) is 0.0310. The van der Waals surface area contributed by atoms with Crippen LogP contribution in [0.3, 0.4) is 0 Å². The largest absolute Gasteiger partial charge is 0.350 e. The van der Waals surface area contributed by atoms with Gasteiger partial charge in [0.05, 0.1) is 94.1 Å². The summed E-state index contributed by atoms with van der Waals surface area (Å²) in [7, 11) is 0. The van der Waals surface area contributed by atoms with E-state index in [-0.39, 0.29) is 54.7 Å². The van der Waals surface area contributed by atoms with Gasteiger partial charge in [-0.25, -0.2) is 43.1 Å². The molecule has 3 aliphatic heterocycles. The summed E-state index contributed by atoms with van der Waals surface area (Å²) < 4.78 is 64.6. The number of halogens is 3. The van der Waals surface area contributed by atoms with Crippen LogP contribution in [0, 0.1) is 38.2 Å². The molecule has 18 rings (SSSR count). The summed E-state index contributed by atoms with van der Waals surface area (Å²) in [6.45, 7) is 15.6. The Morgan fingerprint density at radius 2 is 0.780 bits per heavy atom. The Bertz CT molecular complexity index is 5980. The first kappa shape index (κ1) is 79.4. The van der Waals surface area contributed by atoms with Crippen LogP contribution in [0.5, 0.6) is 0 Å². The van der Waals surface area contributed by atoms with Gasteiger partial charge in [0.25, 0.3) is 0 Å². The Hall–Kier alpha value is -12.5. The summed E-state index contributed by atoms with van der Waals surface area (Å²) in [6.07, 6.45) is 33.0. The molecule has 3 aliphatic rings. The molecule has 0 bridgehead atoms. The van der Waals surface area contributed by atoms with Gasteiger partial charge in [0, 0.05) is 85.7 Å². The smallest absolute Gasteiger partial charge is 0.246 e. The Morgan fingerprint density at radius 1 is 0.415 bits per heavy atom. The molecule has 3 fully saturated rings. The lowest BCUT2D eigenvalue weighted by molar-refractivity contribution is -0.122. The number of rotatable bonds is 25. The van der Waals surface area contributed by atoms with Gasteiger partial charge in [-0.2, -0.15) is 28.4 Å². The maximum atomic E-state index is 13.9. The number of anilines is 8. The van der Waals surface area contributed by atoms with Crippen molar-refractivity contribution >= 4 is 113 Å². The van der Waals surface area contributed by atoms with Gasteiger partial charge < -0.3 is 31.9 Å². The van der Waals surface area contributed by atoms with Crippen LogP contribution in [-0.2, 0) is 60.2 Å². The Morgan fingerprint density at radius 3 is 1.17 bits per heavy atom. The molecule has 30 nitrogen and oxygen atoms in total. The van der Waals surface area contributed by atoms with Gasteiger partial charge in [0.15, 0.2) is 34.4 Å². The second-order valence-electron chi connectivity index (χ2n) is 29.4. The number of nitrogens with zero attached hydrogens (tertiary/aromatic N) is 21. The molecule has 0 unspecified atom stereocenters. The number of fused-ring (bicyclic) bond motifs is 3. The van der Waals surface area contributed by atoms with E-state index in [4.69, 9.17) is 9.97 Å². The van der Waals surface area contributed by atoms with E-state index < -0.39 is 5.82 Å². The summed E-state index contributed by atoms with van der Waals surface area (Å²) in [4.78, 5) is 72.7. The number of likely N-dealkylation sites (tertiary alicyclic amines) is 3. The molecule has 118 heavy (non-hydrogen) atoms. The number of amides is 3. The lowest BCUT2D eigenvalue weighted by atomic mass is 10.1. The summed E-state index contributed by atoms with van der Waals surface area (Å²) in [5.74, 6) is -0.00426. The zero-order valence-corrected chi connectivity index (χ0v) is 67.6. The van der Waals surface area contributed by atoms with Crippen LogP contribution in [0.15, 0.2) is 165 Å². The monoisotopic (exact) mass is 1650 g/mol. The first-order valence-corrected chi connectivity index (χ1v) is 41.4. The topological polar surface area (TPSA) is 316 Å². The minimum Gasteiger partial charge on any atom is -0.350 e. The van der Waals surface area contributed by atoms with Gasteiger partial charge in [-0.05, 0) is 205 Å². The molecule has 606 valence electrons. The predicted molar refractivity (Wildman–Crippen MR) is 449 cm³/mol. The zero-order chi connectivity index (χ0) is 81.0. The third-order valence-electron chi connectivity index (χ3n) is 20.1. The van der Waals surface area contributed by atoms with Crippen molar-refractivity contribution in [1.29, 1.82) is 0 Å². The molecule has 6 N–H and O–H groups in total. The third-order valence-corrected chi connectivity index (χ3v) is 22.4. The standard InChI is InChI=1S/C28H30FN9OS.2C27H28FN9OS/c1-19-15-38-24(21-13-32-37(16-21)18-25(39)30-12-20-5-7-22(29)8-6-20)14-31-28(38)27(33-19)34-26-11-23(35-40-26)17-36-9-3-2-4-10-36;1-18-14-37-23(19-12-30-36(15-19)17-24(38)32-22-8-4-3-7-21(22)28)13-29-27(37)26(31-18)33-25-11-20(34-39-25)16-35-9-5-2-6-10-35;1-18-14-37-23(19-12-30-36(15-19)17-24(38)32-21-7-5-20(28)6-8-21)13-29-27(37)26(31-18)33-25-11-22(34-39-25)16-35-9-3-2-4-10-35/h5-8,11,13-16H,2-4,9-10,12,17-18H2,1H3,(H,30,39)(H,33,34);3-4,7-8,11-15H,2,5-6,9-10,16-17H2,1H3,(H,31,33)(H,32,38);5-8,11-15H,2-4,9-10,16-17H2,1H3,(H,31,33)(H,32,38). The highest BCUT2D eigenvalue weighted by molar-refractivity contribution is 7.10. The van der Waals surface area contributed by atoms with Crippen molar-refractivity contribution in [3.8, 4) is 33.8 Å². The van der Waals surface area contributed by atoms with Crippen LogP contribution < -0.4 is 31.9 Å². The number of carbonyl (C=O) groups excluding carboxylic acids is 3. The zero-order valence-electron chi connectivity index (χ0n) is 65.1. The van der Waals surface area contributed by atoms with Crippen molar-refractivity contribution in [2.75, 3.05) is 65.9 Å².